The number of rotatable bonds is 10. The third-order valence-corrected chi connectivity index (χ3v) is 8.96. The molecule has 1 fully saturated rings. The number of likely N-dealkylation sites (tertiary alicyclic amines) is 1. The van der Waals surface area contributed by atoms with Crippen molar-refractivity contribution in [3.63, 3.8) is 0 Å². The number of aryl methyl sites for hydroxylation is 1. The van der Waals surface area contributed by atoms with Gasteiger partial charge in [0.15, 0.2) is 0 Å². The van der Waals surface area contributed by atoms with Crippen LogP contribution in [0.4, 0.5) is 4.79 Å². The fraction of sp³-hybridized carbons (Fsp3) is 0.472. The highest BCUT2D eigenvalue weighted by atomic mass is 32.1. The van der Waals surface area contributed by atoms with E-state index in [9.17, 15) is 24.3 Å². The normalized spacial score (nSPS) is 17.7. The second-order valence-electron chi connectivity index (χ2n) is 14.3. The zero-order valence-electron chi connectivity index (χ0n) is 28.7. The molecule has 0 unspecified atom stereocenters. The molecule has 1 aliphatic rings. The van der Waals surface area contributed by atoms with E-state index in [2.05, 4.69) is 20.9 Å². The number of aromatic nitrogens is 1. The third-order valence-electron chi connectivity index (χ3n) is 7.98. The highest BCUT2D eigenvalue weighted by Gasteiger charge is 2.45. The lowest BCUT2D eigenvalue weighted by Gasteiger charge is -2.36. The lowest BCUT2D eigenvalue weighted by atomic mass is 9.85. The second-order valence-corrected chi connectivity index (χ2v) is 15.1. The predicted octanol–water partition coefficient (Wildman–Crippen LogP) is 4.36. The molecular formula is C36H47N5O6S. The van der Waals surface area contributed by atoms with E-state index in [0.29, 0.717) is 0 Å². The molecule has 3 aromatic rings. The molecule has 2 aromatic carbocycles. The number of ether oxygens (including phenoxy) is 1. The summed E-state index contributed by atoms with van der Waals surface area (Å²) in [6, 6.07) is 14.0. The van der Waals surface area contributed by atoms with Crippen molar-refractivity contribution < 1.29 is 29.0 Å². The fourth-order valence-corrected chi connectivity index (χ4v) is 6.34. The zero-order chi connectivity index (χ0) is 35.2. The number of β-amino-alcohol motifs (C(OH)–C–C–N with tert-alkyl or cyclic N) is 1. The molecule has 2 heterocycles. The molecule has 48 heavy (non-hydrogen) atoms. The maximum absolute atomic E-state index is 14.1. The molecular weight excluding hydrogens is 630 g/mol. The van der Waals surface area contributed by atoms with Crippen molar-refractivity contribution in [2.24, 2.45) is 5.41 Å². The summed E-state index contributed by atoms with van der Waals surface area (Å²) < 4.78 is 5.41. The van der Waals surface area contributed by atoms with Crippen LogP contribution < -0.4 is 16.0 Å². The SMILES string of the molecule is Cc1ncsc1-c1ccc(CNC(=O)[C@H]2C[C@H](O)CN2C(=O)[C@H](NC(=O)[C@@H](Cc2ccccc2)NC(=O)OC(C)(C)C)C(C)(C)C)cc1. The number of alkyl carbamates (subject to hydrolysis) is 1. The molecule has 1 aromatic heterocycles. The van der Waals surface area contributed by atoms with Gasteiger partial charge in [0, 0.05) is 25.9 Å². The van der Waals surface area contributed by atoms with Crippen LogP contribution in [-0.4, -0.2) is 75.2 Å². The molecule has 12 heteroatoms. The number of amides is 4. The van der Waals surface area contributed by atoms with Crippen LogP contribution in [0.2, 0.25) is 0 Å². The minimum absolute atomic E-state index is 0.0497. The van der Waals surface area contributed by atoms with Crippen molar-refractivity contribution >= 4 is 35.2 Å². The standard InChI is InChI=1S/C36H47N5O6S/c1-22-29(48-21-38-22)25-15-13-24(14-16-25)19-37-32(44)28-18-26(42)20-41(28)33(45)30(35(2,3)4)40-31(43)27(17-23-11-9-8-10-12-23)39-34(46)47-36(5,6)7/h8-16,21,26-28,30,42H,17-20H2,1-7H3,(H,37,44)(H,39,46)(H,40,43)/t26-,27+,28+,30-/m0/s1. The molecule has 0 saturated carbocycles. The first kappa shape index (κ1) is 36.5. The van der Waals surface area contributed by atoms with Crippen LogP contribution in [0.3, 0.4) is 0 Å². The number of carbonyl (C=O) groups excluding carboxylic acids is 4. The monoisotopic (exact) mass is 677 g/mol. The van der Waals surface area contributed by atoms with E-state index in [1.165, 1.54) is 4.90 Å². The van der Waals surface area contributed by atoms with E-state index in [-0.39, 0.29) is 25.9 Å². The van der Waals surface area contributed by atoms with Gasteiger partial charge in [-0.25, -0.2) is 9.78 Å². The van der Waals surface area contributed by atoms with Crippen LogP contribution in [0, 0.1) is 12.3 Å². The number of hydrogen-bond acceptors (Lipinski definition) is 8. The molecule has 4 rings (SSSR count). The van der Waals surface area contributed by atoms with E-state index < -0.39 is 59.1 Å². The molecule has 4 atom stereocenters. The van der Waals surface area contributed by atoms with Gasteiger partial charge in [0.2, 0.25) is 17.7 Å². The molecule has 0 spiro atoms. The number of nitrogens with one attached hydrogen (secondary N) is 3. The topological polar surface area (TPSA) is 150 Å². The lowest BCUT2D eigenvalue weighted by Crippen LogP contribution is -2.60. The maximum atomic E-state index is 14.1. The largest absolute Gasteiger partial charge is 0.444 e. The van der Waals surface area contributed by atoms with Gasteiger partial charge in [0.05, 0.1) is 22.2 Å². The van der Waals surface area contributed by atoms with Gasteiger partial charge >= 0.3 is 6.09 Å². The minimum Gasteiger partial charge on any atom is -0.444 e. The van der Waals surface area contributed by atoms with Crippen molar-refractivity contribution in [1.29, 1.82) is 0 Å². The fourth-order valence-electron chi connectivity index (χ4n) is 5.53. The Balaban J connectivity index is 1.47. The molecule has 1 aliphatic heterocycles. The smallest absolute Gasteiger partial charge is 0.408 e. The molecule has 258 valence electrons. The summed E-state index contributed by atoms with van der Waals surface area (Å²) in [7, 11) is 0. The summed E-state index contributed by atoms with van der Waals surface area (Å²) in [5.74, 6) is -1.46. The Labute approximate surface area is 286 Å². The number of hydrogen-bond donors (Lipinski definition) is 4. The van der Waals surface area contributed by atoms with Crippen molar-refractivity contribution in [3.05, 3.63) is 76.9 Å². The van der Waals surface area contributed by atoms with E-state index >= 15 is 0 Å². The average Bonchev–Trinajstić information content (AvgIpc) is 3.62. The first-order valence-electron chi connectivity index (χ1n) is 16.1. The Morgan fingerprint density at radius 1 is 0.979 bits per heavy atom. The van der Waals surface area contributed by atoms with Gasteiger partial charge in [0.25, 0.3) is 0 Å². The van der Waals surface area contributed by atoms with Gasteiger partial charge in [-0.1, -0.05) is 75.4 Å². The molecule has 4 amide bonds. The van der Waals surface area contributed by atoms with E-state index in [1.807, 2.05) is 87.8 Å². The summed E-state index contributed by atoms with van der Waals surface area (Å²) in [6.07, 6.45) is -1.43. The summed E-state index contributed by atoms with van der Waals surface area (Å²) in [4.78, 5) is 60.8. The molecule has 11 nitrogen and oxygen atoms in total. The molecule has 4 N–H and O–H groups in total. The second kappa shape index (κ2) is 15.3. The van der Waals surface area contributed by atoms with Crippen molar-refractivity contribution in [1.82, 2.24) is 25.8 Å². The molecule has 0 bridgehead atoms. The van der Waals surface area contributed by atoms with Gasteiger partial charge in [-0.2, -0.15) is 0 Å². The number of nitrogens with zero attached hydrogens (tertiary/aromatic N) is 2. The number of benzene rings is 2. The molecule has 0 aliphatic carbocycles. The highest BCUT2D eigenvalue weighted by Crippen LogP contribution is 2.28. The first-order valence-corrected chi connectivity index (χ1v) is 17.0. The van der Waals surface area contributed by atoms with E-state index in [0.717, 1.165) is 27.3 Å². The lowest BCUT2D eigenvalue weighted by molar-refractivity contribution is -0.144. The highest BCUT2D eigenvalue weighted by molar-refractivity contribution is 7.13. The Kier molecular flexibility index (Phi) is 11.6. The molecule has 1 saturated heterocycles. The van der Waals surface area contributed by atoms with Gasteiger partial charge in [-0.3, -0.25) is 14.4 Å². The number of aliphatic hydroxyl groups excluding tert-OH is 1. The average molecular weight is 678 g/mol. The molecule has 0 radical (unpaired) electrons. The quantitative estimate of drug-likeness (QED) is 0.249. The first-order chi connectivity index (χ1) is 22.5. The summed E-state index contributed by atoms with van der Waals surface area (Å²) >= 11 is 1.57. The van der Waals surface area contributed by atoms with Gasteiger partial charge in [-0.15, -0.1) is 11.3 Å². The van der Waals surface area contributed by atoms with Crippen LogP contribution in [0.25, 0.3) is 10.4 Å². The summed E-state index contributed by atoms with van der Waals surface area (Å²) in [6.45, 7) is 12.8. The third kappa shape index (κ3) is 9.86. The van der Waals surface area contributed by atoms with Crippen molar-refractivity contribution in [3.8, 4) is 10.4 Å². The van der Waals surface area contributed by atoms with Crippen LogP contribution in [0.1, 0.15) is 64.8 Å². The Bertz CT molecular complexity index is 1580. The zero-order valence-corrected chi connectivity index (χ0v) is 29.5. The minimum atomic E-state index is -1.06. The van der Waals surface area contributed by atoms with Gasteiger partial charge in [0.1, 0.15) is 23.7 Å². The van der Waals surface area contributed by atoms with Crippen LogP contribution >= 0.6 is 11.3 Å². The van der Waals surface area contributed by atoms with Crippen molar-refractivity contribution in [2.45, 2.75) is 97.7 Å². The number of thiazole rings is 1. The van der Waals surface area contributed by atoms with Crippen LogP contribution in [0.15, 0.2) is 60.1 Å². The predicted molar refractivity (Wildman–Crippen MR) is 185 cm³/mol. The van der Waals surface area contributed by atoms with E-state index in [1.54, 1.807) is 32.1 Å². The van der Waals surface area contributed by atoms with Crippen LogP contribution in [-0.2, 0) is 32.1 Å². The number of carbonyl (C=O) groups is 4. The Morgan fingerprint density at radius 2 is 1.65 bits per heavy atom. The Hall–Kier alpha value is -4.29. The van der Waals surface area contributed by atoms with Crippen LogP contribution in [0.5, 0.6) is 0 Å². The maximum Gasteiger partial charge on any atom is 0.408 e. The summed E-state index contributed by atoms with van der Waals surface area (Å²) in [5.41, 5.74) is 3.94. The number of aliphatic hydroxyl groups is 1. The summed E-state index contributed by atoms with van der Waals surface area (Å²) in [5, 5.41) is 19.0. The van der Waals surface area contributed by atoms with Gasteiger partial charge in [-0.05, 0) is 49.8 Å². The Morgan fingerprint density at radius 3 is 2.23 bits per heavy atom. The van der Waals surface area contributed by atoms with Gasteiger partial charge < -0.3 is 30.7 Å². The van der Waals surface area contributed by atoms with Crippen molar-refractivity contribution in [2.75, 3.05) is 6.54 Å². The van der Waals surface area contributed by atoms with E-state index in [4.69, 9.17) is 4.74 Å².